The zero-order valence-corrected chi connectivity index (χ0v) is 11.2. The summed E-state index contributed by atoms with van der Waals surface area (Å²) in [5.74, 6) is -1.66. The van der Waals surface area contributed by atoms with Gasteiger partial charge in [-0.2, -0.15) is 0 Å². The molecule has 1 aliphatic heterocycles. The summed E-state index contributed by atoms with van der Waals surface area (Å²) in [5.41, 5.74) is 0. The van der Waals surface area contributed by atoms with E-state index in [0.29, 0.717) is 31.4 Å². The fourth-order valence-corrected chi connectivity index (χ4v) is 1.41. The van der Waals surface area contributed by atoms with Crippen molar-refractivity contribution in [3.63, 3.8) is 0 Å². The molecule has 0 N–H and O–H groups in total. The molecule has 20 heavy (non-hydrogen) atoms. The molecular formula is C12H18N2O6. The van der Waals surface area contributed by atoms with Crippen molar-refractivity contribution in [3.8, 4) is 0 Å². The maximum atomic E-state index is 11.4. The van der Waals surface area contributed by atoms with E-state index in [1.807, 2.05) is 0 Å². The highest BCUT2D eigenvalue weighted by Crippen LogP contribution is 2.12. The SMILES string of the molecule is C=NCCOCCOCCC(=O)ON1C(=O)CCC1=O. The second-order valence-corrected chi connectivity index (χ2v) is 3.97. The van der Waals surface area contributed by atoms with Crippen LogP contribution in [-0.2, 0) is 28.7 Å². The van der Waals surface area contributed by atoms with Crippen LogP contribution in [0.25, 0.3) is 0 Å². The van der Waals surface area contributed by atoms with Gasteiger partial charge in [-0.15, -0.1) is 5.06 Å². The van der Waals surface area contributed by atoms with Gasteiger partial charge in [-0.1, -0.05) is 0 Å². The Balaban J connectivity index is 2.01. The lowest BCUT2D eigenvalue weighted by molar-refractivity contribution is -0.198. The minimum absolute atomic E-state index is 0.0364. The zero-order chi connectivity index (χ0) is 14.8. The van der Waals surface area contributed by atoms with Crippen LogP contribution >= 0.6 is 0 Å². The molecule has 0 aromatic rings. The average molecular weight is 286 g/mol. The molecule has 8 nitrogen and oxygen atoms in total. The quantitative estimate of drug-likeness (QED) is 0.311. The van der Waals surface area contributed by atoms with Crippen LogP contribution in [0.2, 0.25) is 0 Å². The molecule has 0 radical (unpaired) electrons. The Bertz CT molecular complexity index is 355. The summed E-state index contributed by atoms with van der Waals surface area (Å²) in [6.07, 6.45) is 0.129. The molecule has 2 amide bonds. The van der Waals surface area contributed by atoms with Gasteiger partial charge in [0.25, 0.3) is 11.8 Å². The summed E-state index contributed by atoms with van der Waals surface area (Å²) in [4.78, 5) is 42.0. The van der Waals surface area contributed by atoms with E-state index in [9.17, 15) is 14.4 Å². The van der Waals surface area contributed by atoms with Gasteiger partial charge in [0.2, 0.25) is 0 Å². The van der Waals surface area contributed by atoms with Crippen LogP contribution < -0.4 is 0 Å². The van der Waals surface area contributed by atoms with Gasteiger partial charge in [-0.25, -0.2) is 4.79 Å². The van der Waals surface area contributed by atoms with E-state index in [4.69, 9.17) is 9.47 Å². The second-order valence-electron chi connectivity index (χ2n) is 3.97. The maximum Gasteiger partial charge on any atom is 0.335 e. The van der Waals surface area contributed by atoms with Crippen LogP contribution in [0.3, 0.4) is 0 Å². The topological polar surface area (TPSA) is 94.5 Å². The van der Waals surface area contributed by atoms with Gasteiger partial charge in [0, 0.05) is 12.8 Å². The number of aliphatic imine (C=N–C) groups is 1. The van der Waals surface area contributed by atoms with E-state index in [-0.39, 0.29) is 25.9 Å². The first-order valence-corrected chi connectivity index (χ1v) is 6.29. The van der Waals surface area contributed by atoms with Crippen LogP contribution in [0, 0.1) is 0 Å². The van der Waals surface area contributed by atoms with E-state index in [2.05, 4.69) is 16.5 Å². The van der Waals surface area contributed by atoms with Gasteiger partial charge >= 0.3 is 5.97 Å². The first-order valence-electron chi connectivity index (χ1n) is 6.29. The molecule has 0 saturated carbocycles. The molecule has 1 aliphatic rings. The third kappa shape index (κ3) is 5.89. The third-order valence-corrected chi connectivity index (χ3v) is 2.42. The Morgan fingerprint density at radius 2 is 1.70 bits per heavy atom. The summed E-state index contributed by atoms with van der Waals surface area (Å²) in [6.45, 7) is 5.20. The van der Waals surface area contributed by atoms with Crippen LogP contribution in [-0.4, -0.2) is 62.5 Å². The number of amides is 2. The molecule has 112 valence electrons. The predicted octanol–water partition coefficient (Wildman–Crippen LogP) is -0.283. The number of carbonyl (C=O) groups is 3. The zero-order valence-electron chi connectivity index (χ0n) is 11.2. The number of hydrogen-bond donors (Lipinski definition) is 0. The second kappa shape index (κ2) is 9.16. The molecule has 0 aromatic carbocycles. The Labute approximate surface area is 116 Å². The van der Waals surface area contributed by atoms with Gasteiger partial charge in [0.05, 0.1) is 39.4 Å². The van der Waals surface area contributed by atoms with E-state index < -0.39 is 17.8 Å². The number of carbonyl (C=O) groups excluding carboxylic acids is 3. The molecule has 8 heteroatoms. The van der Waals surface area contributed by atoms with Crippen LogP contribution in [0.4, 0.5) is 0 Å². The smallest absolute Gasteiger partial charge is 0.335 e. The van der Waals surface area contributed by atoms with Gasteiger partial charge in [0.1, 0.15) is 0 Å². The first kappa shape index (κ1) is 16.3. The summed E-state index contributed by atoms with van der Waals surface area (Å²) in [7, 11) is 0. The number of hydrogen-bond acceptors (Lipinski definition) is 7. The van der Waals surface area contributed by atoms with Gasteiger partial charge in [-0.05, 0) is 6.72 Å². The monoisotopic (exact) mass is 286 g/mol. The molecule has 0 aliphatic carbocycles. The normalized spacial score (nSPS) is 14.7. The Morgan fingerprint density at radius 1 is 1.10 bits per heavy atom. The molecule has 0 bridgehead atoms. The van der Waals surface area contributed by atoms with E-state index in [1.54, 1.807) is 0 Å². The highest BCUT2D eigenvalue weighted by Gasteiger charge is 2.32. The average Bonchev–Trinajstić information content (AvgIpc) is 2.73. The molecule has 1 rings (SSSR count). The van der Waals surface area contributed by atoms with E-state index in [1.165, 1.54) is 0 Å². The predicted molar refractivity (Wildman–Crippen MR) is 67.9 cm³/mol. The molecule has 0 atom stereocenters. The summed E-state index contributed by atoms with van der Waals surface area (Å²) in [6, 6.07) is 0. The van der Waals surface area contributed by atoms with Crippen molar-refractivity contribution in [1.82, 2.24) is 5.06 Å². The van der Waals surface area contributed by atoms with Gasteiger partial charge in [0.15, 0.2) is 0 Å². The van der Waals surface area contributed by atoms with Crippen molar-refractivity contribution in [2.75, 3.05) is 33.0 Å². The van der Waals surface area contributed by atoms with Gasteiger partial charge < -0.3 is 14.3 Å². The molecule has 1 saturated heterocycles. The highest BCUT2D eigenvalue weighted by atomic mass is 16.7. The summed E-state index contributed by atoms with van der Waals surface area (Å²) < 4.78 is 10.3. The highest BCUT2D eigenvalue weighted by molar-refractivity contribution is 6.01. The molecule has 0 spiro atoms. The van der Waals surface area contributed by atoms with Crippen LogP contribution in [0.5, 0.6) is 0 Å². The Morgan fingerprint density at radius 3 is 2.30 bits per heavy atom. The number of ether oxygens (including phenoxy) is 2. The number of hydroxylamine groups is 2. The molecule has 1 heterocycles. The van der Waals surface area contributed by atoms with Crippen LogP contribution in [0.1, 0.15) is 19.3 Å². The van der Waals surface area contributed by atoms with Crippen molar-refractivity contribution >= 4 is 24.5 Å². The van der Waals surface area contributed by atoms with Crippen molar-refractivity contribution in [2.24, 2.45) is 4.99 Å². The van der Waals surface area contributed by atoms with Crippen molar-refractivity contribution in [3.05, 3.63) is 0 Å². The first-order chi connectivity index (χ1) is 9.65. The molecule has 1 fully saturated rings. The van der Waals surface area contributed by atoms with Crippen molar-refractivity contribution < 1.29 is 28.7 Å². The summed E-state index contributed by atoms with van der Waals surface area (Å²) >= 11 is 0. The molecule has 0 unspecified atom stereocenters. The van der Waals surface area contributed by atoms with E-state index >= 15 is 0 Å². The number of rotatable bonds is 10. The fraction of sp³-hybridized carbons (Fsp3) is 0.667. The Kier molecular flexibility index (Phi) is 7.44. The lowest BCUT2D eigenvalue weighted by Gasteiger charge is -2.12. The molecule has 0 aromatic heterocycles. The number of imide groups is 1. The van der Waals surface area contributed by atoms with Crippen LogP contribution in [0.15, 0.2) is 4.99 Å². The molecular weight excluding hydrogens is 268 g/mol. The Hall–Kier alpha value is -1.80. The van der Waals surface area contributed by atoms with Crippen molar-refractivity contribution in [1.29, 1.82) is 0 Å². The lowest BCUT2D eigenvalue weighted by atomic mass is 10.4. The minimum atomic E-state index is -0.676. The largest absolute Gasteiger partial charge is 0.378 e. The van der Waals surface area contributed by atoms with Crippen molar-refractivity contribution in [2.45, 2.75) is 19.3 Å². The fourth-order valence-electron chi connectivity index (χ4n) is 1.41. The van der Waals surface area contributed by atoms with Gasteiger partial charge in [-0.3, -0.25) is 14.6 Å². The third-order valence-electron chi connectivity index (χ3n) is 2.42. The minimum Gasteiger partial charge on any atom is -0.378 e. The van der Waals surface area contributed by atoms with E-state index in [0.717, 1.165) is 0 Å². The number of nitrogens with zero attached hydrogens (tertiary/aromatic N) is 2. The summed E-state index contributed by atoms with van der Waals surface area (Å²) in [5, 5.41) is 0.522. The lowest BCUT2D eigenvalue weighted by Crippen LogP contribution is -2.32. The maximum absolute atomic E-state index is 11.4. The standard InChI is InChI=1S/C12H18N2O6/c1-13-5-7-19-9-8-18-6-4-12(17)20-14-10(15)2-3-11(14)16/h1-9H2.